The van der Waals surface area contributed by atoms with Gasteiger partial charge >= 0.3 is 0 Å². The van der Waals surface area contributed by atoms with Crippen molar-refractivity contribution in [1.29, 1.82) is 0 Å². The fourth-order valence-electron chi connectivity index (χ4n) is 3.16. The molecule has 3 heteroatoms. The monoisotopic (exact) mass is 285 g/mol. The van der Waals surface area contributed by atoms with E-state index in [0.29, 0.717) is 11.5 Å². The molecule has 21 heavy (non-hydrogen) atoms. The lowest BCUT2D eigenvalue weighted by Crippen LogP contribution is -2.37. The van der Waals surface area contributed by atoms with Crippen LogP contribution in [0.25, 0.3) is 0 Å². The van der Waals surface area contributed by atoms with E-state index in [-0.39, 0.29) is 18.6 Å². The molecule has 0 aromatic heterocycles. The van der Waals surface area contributed by atoms with Crippen LogP contribution in [0, 0.1) is 23.7 Å². The molecule has 0 spiro atoms. The van der Waals surface area contributed by atoms with Crippen molar-refractivity contribution in [2.45, 2.75) is 39.2 Å². The molecule has 1 aromatic rings. The maximum absolute atomic E-state index is 12.4. The molecule has 3 nitrogen and oxygen atoms in total. The van der Waals surface area contributed by atoms with Gasteiger partial charge in [-0.3, -0.25) is 4.79 Å². The van der Waals surface area contributed by atoms with E-state index in [4.69, 9.17) is 5.11 Å². The number of rotatable bonds is 3. The zero-order chi connectivity index (χ0) is 15.2. The van der Waals surface area contributed by atoms with Gasteiger partial charge in [-0.25, -0.2) is 0 Å². The van der Waals surface area contributed by atoms with Crippen molar-refractivity contribution in [3.05, 3.63) is 35.4 Å². The summed E-state index contributed by atoms with van der Waals surface area (Å²) in [5.74, 6) is 6.65. The molecule has 1 amide bonds. The van der Waals surface area contributed by atoms with E-state index in [1.54, 1.807) is 12.1 Å². The molecule has 2 rings (SSSR count). The number of carbonyl (C=O) groups excluding carboxylic acids is 1. The highest BCUT2D eigenvalue weighted by molar-refractivity contribution is 5.94. The summed E-state index contributed by atoms with van der Waals surface area (Å²) in [6.07, 6.45) is 3.44. The molecule has 0 heterocycles. The Hall–Kier alpha value is -1.79. The summed E-state index contributed by atoms with van der Waals surface area (Å²) in [6.45, 7) is 4.28. The molecule has 3 unspecified atom stereocenters. The standard InChI is InChI=1S/C18H23NO2/c1-3-15-9-10-17(13(15)2)19-18(21)16-8-4-6-14(12-16)7-5-11-20/h4,6,8,12-13,15,17,20H,3,9-11H2,1-2H3,(H,19,21). The second-order valence-electron chi connectivity index (χ2n) is 5.73. The summed E-state index contributed by atoms with van der Waals surface area (Å²) in [5, 5.41) is 11.9. The number of aliphatic hydroxyl groups excluding tert-OH is 1. The molecule has 1 saturated carbocycles. The first-order valence-electron chi connectivity index (χ1n) is 7.66. The number of amides is 1. The summed E-state index contributed by atoms with van der Waals surface area (Å²) in [7, 11) is 0. The summed E-state index contributed by atoms with van der Waals surface area (Å²) < 4.78 is 0. The second kappa shape index (κ2) is 7.28. The third-order valence-corrected chi connectivity index (χ3v) is 4.50. The largest absolute Gasteiger partial charge is 0.384 e. The minimum Gasteiger partial charge on any atom is -0.384 e. The first kappa shape index (κ1) is 15.6. The molecule has 0 aliphatic heterocycles. The molecule has 1 aromatic carbocycles. The van der Waals surface area contributed by atoms with Gasteiger partial charge in [0.05, 0.1) is 0 Å². The predicted octanol–water partition coefficient (Wildman–Crippen LogP) is 2.58. The smallest absolute Gasteiger partial charge is 0.251 e. The van der Waals surface area contributed by atoms with E-state index in [0.717, 1.165) is 17.9 Å². The van der Waals surface area contributed by atoms with Crippen LogP contribution in [0.15, 0.2) is 24.3 Å². The Morgan fingerprint density at radius 1 is 1.43 bits per heavy atom. The van der Waals surface area contributed by atoms with E-state index >= 15 is 0 Å². The van der Waals surface area contributed by atoms with Gasteiger partial charge in [-0.1, -0.05) is 38.2 Å². The first-order valence-corrected chi connectivity index (χ1v) is 7.66. The number of nitrogens with one attached hydrogen (secondary N) is 1. The zero-order valence-electron chi connectivity index (χ0n) is 12.7. The topological polar surface area (TPSA) is 49.3 Å². The van der Waals surface area contributed by atoms with Crippen molar-refractivity contribution in [1.82, 2.24) is 5.32 Å². The van der Waals surface area contributed by atoms with Crippen LogP contribution in [0.1, 0.15) is 49.0 Å². The molecule has 1 aliphatic carbocycles. The van der Waals surface area contributed by atoms with E-state index in [9.17, 15) is 4.79 Å². The Kier molecular flexibility index (Phi) is 5.41. The molecular weight excluding hydrogens is 262 g/mol. The predicted molar refractivity (Wildman–Crippen MR) is 83.8 cm³/mol. The minimum absolute atomic E-state index is 0.0312. The highest BCUT2D eigenvalue weighted by atomic mass is 16.2. The van der Waals surface area contributed by atoms with Crippen LogP contribution < -0.4 is 5.32 Å². The van der Waals surface area contributed by atoms with Gasteiger partial charge in [-0.2, -0.15) is 0 Å². The molecule has 112 valence electrons. The SMILES string of the molecule is CCC1CCC(NC(=O)c2cccc(C#CCO)c2)C1C. The van der Waals surface area contributed by atoms with Gasteiger partial charge < -0.3 is 10.4 Å². The van der Waals surface area contributed by atoms with Gasteiger partial charge in [-0.05, 0) is 42.9 Å². The van der Waals surface area contributed by atoms with Crippen molar-refractivity contribution in [2.24, 2.45) is 11.8 Å². The molecular formula is C18H23NO2. The minimum atomic E-state index is -0.172. The molecule has 3 atom stereocenters. The van der Waals surface area contributed by atoms with Crippen LogP contribution in [0.4, 0.5) is 0 Å². The lowest BCUT2D eigenvalue weighted by molar-refractivity contribution is 0.0926. The lowest BCUT2D eigenvalue weighted by Gasteiger charge is -2.21. The van der Waals surface area contributed by atoms with Crippen LogP contribution >= 0.6 is 0 Å². The van der Waals surface area contributed by atoms with Crippen molar-refractivity contribution in [2.75, 3.05) is 6.61 Å². The molecule has 0 saturated heterocycles. The highest BCUT2D eigenvalue weighted by Gasteiger charge is 2.32. The van der Waals surface area contributed by atoms with E-state index < -0.39 is 0 Å². The Morgan fingerprint density at radius 3 is 2.90 bits per heavy atom. The third kappa shape index (κ3) is 3.86. The molecule has 1 fully saturated rings. The summed E-state index contributed by atoms with van der Waals surface area (Å²) in [6, 6.07) is 7.51. The lowest BCUT2D eigenvalue weighted by atomic mass is 9.93. The van der Waals surface area contributed by atoms with Crippen LogP contribution in [-0.4, -0.2) is 23.7 Å². The maximum atomic E-state index is 12.4. The van der Waals surface area contributed by atoms with Crippen LogP contribution in [0.5, 0.6) is 0 Å². The van der Waals surface area contributed by atoms with Crippen molar-refractivity contribution >= 4 is 5.91 Å². The van der Waals surface area contributed by atoms with Crippen molar-refractivity contribution in [3.63, 3.8) is 0 Å². The molecule has 0 radical (unpaired) electrons. The van der Waals surface area contributed by atoms with Crippen LogP contribution in [-0.2, 0) is 0 Å². The molecule has 0 bridgehead atoms. The van der Waals surface area contributed by atoms with Crippen molar-refractivity contribution in [3.8, 4) is 11.8 Å². The van der Waals surface area contributed by atoms with Gasteiger partial charge in [0.15, 0.2) is 0 Å². The van der Waals surface area contributed by atoms with Gasteiger partial charge in [0.2, 0.25) is 0 Å². The van der Waals surface area contributed by atoms with Gasteiger partial charge in [0.25, 0.3) is 5.91 Å². The third-order valence-electron chi connectivity index (χ3n) is 4.50. The van der Waals surface area contributed by atoms with Crippen molar-refractivity contribution < 1.29 is 9.90 Å². The van der Waals surface area contributed by atoms with Gasteiger partial charge in [0.1, 0.15) is 6.61 Å². The normalized spacial score (nSPS) is 24.2. The number of aliphatic hydroxyl groups is 1. The Balaban J connectivity index is 2.04. The first-order chi connectivity index (χ1) is 10.2. The number of benzene rings is 1. The number of hydrogen-bond donors (Lipinski definition) is 2. The van der Waals surface area contributed by atoms with Gasteiger partial charge in [0, 0.05) is 17.2 Å². The summed E-state index contributed by atoms with van der Waals surface area (Å²) in [5.41, 5.74) is 1.38. The molecule has 1 aliphatic rings. The fourth-order valence-corrected chi connectivity index (χ4v) is 3.16. The fraction of sp³-hybridized carbons (Fsp3) is 0.500. The van der Waals surface area contributed by atoms with Crippen LogP contribution in [0.2, 0.25) is 0 Å². The highest BCUT2D eigenvalue weighted by Crippen LogP contribution is 2.33. The summed E-state index contributed by atoms with van der Waals surface area (Å²) in [4.78, 5) is 12.4. The average Bonchev–Trinajstić information content (AvgIpc) is 2.86. The Morgan fingerprint density at radius 2 is 2.24 bits per heavy atom. The zero-order valence-corrected chi connectivity index (χ0v) is 12.7. The Bertz CT molecular complexity index is 556. The van der Waals surface area contributed by atoms with Gasteiger partial charge in [-0.15, -0.1) is 0 Å². The Labute approximate surface area is 126 Å². The van der Waals surface area contributed by atoms with E-state index in [1.165, 1.54) is 12.8 Å². The molecule has 2 N–H and O–H groups in total. The summed E-state index contributed by atoms with van der Waals surface area (Å²) >= 11 is 0. The second-order valence-corrected chi connectivity index (χ2v) is 5.73. The van der Waals surface area contributed by atoms with E-state index in [1.807, 2.05) is 12.1 Å². The van der Waals surface area contributed by atoms with E-state index in [2.05, 4.69) is 31.0 Å². The number of carbonyl (C=O) groups is 1. The average molecular weight is 285 g/mol. The quantitative estimate of drug-likeness (QED) is 0.839. The van der Waals surface area contributed by atoms with Crippen LogP contribution in [0.3, 0.4) is 0 Å². The number of hydrogen-bond acceptors (Lipinski definition) is 2. The maximum Gasteiger partial charge on any atom is 0.251 e.